The molecule has 2 atom stereocenters. The fourth-order valence-corrected chi connectivity index (χ4v) is 6.32. The van der Waals surface area contributed by atoms with Gasteiger partial charge in [0.05, 0.1) is 23.6 Å². The summed E-state index contributed by atoms with van der Waals surface area (Å²) in [7, 11) is -3.75. The molecule has 8 nitrogen and oxygen atoms in total. The van der Waals surface area contributed by atoms with Crippen LogP contribution in [0.25, 0.3) is 10.9 Å². The van der Waals surface area contributed by atoms with Crippen molar-refractivity contribution >= 4 is 26.8 Å². The Balaban J connectivity index is 1.79. The number of benzene rings is 1. The summed E-state index contributed by atoms with van der Waals surface area (Å²) >= 11 is 0. The molecule has 3 heterocycles. The first-order chi connectivity index (χ1) is 15.2. The quantitative estimate of drug-likeness (QED) is 0.696. The first kappa shape index (κ1) is 22.9. The number of sulfonamides is 1. The van der Waals surface area contributed by atoms with Crippen LogP contribution in [0.2, 0.25) is 0 Å². The minimum atomic E-state index is -3.75. The standard InChI is InChI=1S/C23H31N3O5S/c1-4-24-15-20(23(28)25-13-16(2)11-17(3)14-25)22(27)19-12-18(5-6-21(19)24)32(29,30)26-7-9-31-10-8-26/h5-6,12,15-17H,4,7-11,13-14H2,1-3H3/t16-,17-/m0/s1. The van der Waals surface area contributed by atoms with Gasteiger partial charge in [0.25, 0.3) is 5.91 Å². The third kappa shape index (κ3) is 4.21. The molecule has 2 aromatic rings. The van der Waals surface area contributed by atoms with Gasteiger partial charge in [0, 0.05) is 44.3 Å². The monoisotopic (exact) mass is 461 g/mol. The average Bonchev–Trinajstić information content (AvgIpc) is 2.78. The van der Waals surface area contributed by atoms with Crippen molar-refractivity contribution in [3.05, 3.63) is 40.2 Å². The number of rotatable bonds is 4. The Hall–Kier alpha value is -2.23. The highest BCUT2D eigenvalue weighted by Gasteiger charge is 2.30. The van der Waals surface area contributed by atoms with Crippen LogP contribution in [0.3, 0.4) is 0 Å². The number of aryl methyl sites for hydroxylation is 1. The summed E-state index contributed by atoms with van der Waals surface area (Å²) in [6, 6.07) is 4.62. The maximum absolute atomic E-state index is 13.4. The average molecular weight is 462 g/mol. The van der Waals surface area contributed by atoms with E-state index >= 15 is 0 Å². The molecular weight excluding hydrogens is 430 g/mol. The molecule has 174 valence electrons. The molecule has 2 fully saturated rings. The van der Waals surface area contributed by atoms with Gasteiger partial charge in [-0.15, -0.1) is 0 Å². The number of amides is 1. The van der Waals surface area contributed by atoms with Gasteiger partial charge in [0.1, 0.15) is 5.56 Å². The molecule has 0 spiro atoms. The van der Waals surface area contributed by atoms with Gasteiger partial charge in [-0.1, -0.05) is 13.8 Å². The van der Waals surface area contributed by atoms with Gasteiger partial charge in [-0.25, -0.2) is 8.42 Å². The Morgan fingerprint density at radius 2 is 1.78 bits per heavy atom. The summed E-state index contributed by atoms with van der Waals surface area (Å²) in [5, 5.41) is 0.255. The number of hydrogen-bond donors (Lipinski definition) is 0. The number of piperidine rings is 1. The first-order valence-electron chi connectivity index (χ1n) is 11.3. The van der Waals surface area contributed by atoms with Crippen molar-refractivity contribution in [3.8, 4) is 0 Å². The van der Waals surface area contributed by atoms with Crippen LogP contribution in [0.1, 0.15) is 37.6 Å². The maximum atomic E-state index is 13.4. The number of carbonyl (C=O) groups is 1. The highest BCUT2D eigenvalue weighted by atomic mass is 32.2. The smallest absolute Gasteiger partial charge is 0.259 e. The number of carbonyl (C=O) groups excluding carboxylic acids is 1. The normalized spacial score (nSPS) is 22.9. The molecule has 9 heteroatoms. The molecule has 0 radical (unpaired) electrons. The van der Waals surface area contributed by atoms with E-state index in [1.54, 1.807) is 17.2 Å². The molecule has 0 N–H and O–H groups in total. The maximum Gasteiger partial charge on any atom is 0.259 e. The highest BCUT2D eigenvalue weighted by molar-refractivity contribution is 7.89. The third-order valence-corrected chi connectivity index (χ3v) is 8.28. The Labute approximate surface area is 188 Å². The van der Waals surface area contributed by atoms with Crippen LogP contribution < -0.4 is 5.43 Å². The van der Waals surface area contributed by atoms with Gasteiger partial charge in [0.2, 0.25) is 15.5 Å². The number of likely N-dealkylation sites (tertiary alicyclic amines) is 1. The molecule has 2 aliphatic rings. The van der Waals surface area contributed by atoms with Crippen molar-refractivity contribution in [2.75, 3.05) is 39.4 Å². The summed E-state index contributed by atoms with van der Waals surface area (Å²) in [5.74, 6) is 0.475. The molecule has 32 heavy (non-hydrogen) atoms. The second-order valence-corrected chi connectivity index (χ2v) is 10.9. The lowest BCUT2D eigenvalue weighted by Gasteiger charge is -2.35. The Kier molecular flexibility index (Phi) is 6.42. The van der Waals surface area contributed by atoms with Crippen molar-refractivity contribution < 1.29 is 17.9 Å². The number of morpholine rings is 1. The predicted octanol–water partition coefficient (Wildman–Crippen LogP) is 2.16. The minimum Gasteiger partial charge on any atom is -0.379 e. The van der Waals surface area contributed by atoms with Crippen molar-refractivity contribution in [3.63, 3.8) is 0 Å². The van der Waals surface area contributed by atoms with Gasteiger partial charge in [0.15, 0.2) is 0 Å². The van der Waals surface area contributed by atoms with Crippen LogP contribution >= 0.6 is 0 Å². The number of ether oxygens (including phenoxy) is 1. The molecular formula is C23H31N3O5S. The Bertz CT molecular complexity index is 1170. The second-order valence-electron chi connectivity index (χ2n) is 9.01. The predicted molar refractivity (Wildman–Crippen MR) is 122 cm³/mol. The van der Waals surface area contributed by atoms with Gasteiger partial charge < -0.3 is 14.2 Å². The van der Waals surface area contributed by atoms with Gasteiger partial charge in [-0.3, -0.25) is 9.59 Å². The SMILES string of the molecule is CCn1cc(C(=O)N2C[C@@H](C)C[C@H](C)C2)c(=O)c2cc(S(=O)(=O)N3CCOCC3)ccc21. The van der Waals surface area contributed by atoms with Crippen LogP contribution in [-0.4, -0.2) is 67.5 Å². The van der Waals surface area contributed by atoms with Crippen molar-refractivity contribution in [2.45, 2.75) is 38.6 Å². The number of aromatic nitrogens is 1. The van der Waals surface area contributed by atoms with Crippen molar-refractivity contribution in [2.24, 2.45) is 11.8 Å². The zero-order valence-electron chi connectivity index (χ0n) is 18.9. The van der Waals surface area contributed by atoms with E-state index < -0.39 is 15.5 Å². The van der Waals surface area contributed by atoms with Crippen LogP contribution in [-0.2, 0) is 21.3 Å². The van der Waals surface area contributed by atoms with E-state index in [1.807, 2.05) is 11.5 Å². The largest absolute Gasteiger partial charge is 0.379 e. The summed E-state index contributed by atoms with van der Waals surface area (Å²) in [5.41, 5.74) is 0.302. The minimum absolute atomic E-state index is 0.0662. The zero-order chi connectivity index (χ0) is 23.0. The molecule has 1 aromatic heterocycles. The van der Waals surface area contributed by atoms with Crippen LogP contribution in [0.5, 0.6) is 0 Å². The van der Waals surface area contributed by atoms with Crippen LogP contribution in [0, 0.1) is 11.8 Å². The lowest BCUT2D eigenvalue weighted by atomic mass is 9.91. The number of hydrogen-bond acceptors (Lipinski definition) is 5. The molecule has 4 rings (SSSR count). The molecule has 0 unspecified atom stereocenters. The van der Waals surface area contributed by atoms with E-state index in [0.717, 1.165) is 6.42 Å². The molecule has 1 amide bonds. The van der Waals surface area contributed by atoms with E-state index in [9.17, 15) is 18.0 Å². The lowest BCUT2D eigenvalue weighted by molar-refractivity contribution is 0.0621. The van der Waals surface area contributed by atoms with E-state index in [4.69, 9.17) is 4.74 Å². The van der Waals surface area contributed by atoms with Gasteiger partial charge in [-0.2, -0.15) is 4.31 Å². The summed E-state index contributed by atoms with van der Waals surface area (Å²) in [4.78, 5) is 28.6. The number of nitrogens with zero attached hydrogens (tertiary/aromatic N) is 3. The van der Waals surface area contributed by atoms with Crippen LogP contribution in [0.15, 0.2) is 34.1 Å². The molecule has 2 saturated heterocycles. The summed E-state index contributed by atoms with van der Waals surface area (Å²) in [6.45, 7) is 9.22. The number of fused-ring (bicyclic) bond motifs is 1. The van der Waals surface area contributed by atoms with Crippen molar-refractivity contribution in [1.29, 1.82) is 0 Å². The molecule has 0 saturated carbocycles. The van der Waals surface area contributed by atoms with Gasteiger partial charge >= 0.3 is 0 Å². The first-order valence-corrected chi connectivity index (χ1v) is 12.7. The number of pyridine rings is 1. The highest BCUT2D eigenvalue weighted by Crippen LogP contribution is 2.24. The molecule has 1 aromatic carbocycles. The fourth-order valence-electron chi connectivity index (χ4n) is 4.89. The lowest BCUT2D eigenvalue weighted by Crippen LogP contribution is -2.44. The van der Waals surface area contributed by atoms with Crippen molar-refractivity contribution in [1.82, 2.24) is 13.8 Å². The fraction of sp³-hybridized carbons (Fsp3) is 0.565. The third-order valence-electron chi connectivity index (χ3n) is 6.39. The Morgan fingerprint density at radius 1 is 1.12 bits per heavy atom. The molecule has 2 aliphatic heterocycles. The van der Waals surface area contributed by atoms with E-state index in [1.165, 1.54) is 16.4 Å². The van der Waals surface area contributed by atoms with E-state index in [-0.39, 0.29) is 34.8 Å². The summed E-state index contributed by atoms with van der Waals surface area (Å²) in [6.07, 6.45) is 2.68. The van der Waals surface area contributed by atoms with Crippen LogP contribution in [0.4, 0.5) is 0 Å². The Morgan fingerprint density at radius 3 is 2.41 bits per heavy atom. The topological polar surface area (TPSA) is 88.9 Å². The van der Waals surface area contributed by atoms with E-state index in [0.29, 0.717) is 50.2 Å². The van der Waals surface area contributed by atoms with E-state index in [2.05, 4.69) is 13.8 Å². The second kappa shape index (κ2) is 8.96. The molecule has 0 aliphatic carbocycles. The summed E-state index contributed by atoms with van der Waals surface area (Å²) < 4.78 is 34.7. The molecule has 0 bridgehead atoms. The zero-order valence-corrected chi connectivity index (χ0v) is 19.7. The van der Waals surface area contributed by atoms with Gasteiger partial charge in [-0.05, 0) is 43.4 Å².